The van der Waals surface area contributed by atoms with Crippen LogP contribution in [0.1, 0.15) is 30.0 Å². The zero-order chi connectivity index (χ0) is 14.3. The smallest absolute Gasteiger partial charge is 0.122 e. The summed E-state index contributed by atoms with van der Waals surface area (Å²) in [7, 11) is 1.71. The fourth-order valence-electron chi connectivity index (χ4n) is 2.02. The topological polar surface area (TPSA) is 45.0 Å². The van der Waals surface area contributed by atoms with Gasteiger partial charge in [0.25, 0.3) is 0 Å². The molecule has 1 atom stereocenters. The lowest BCUT2D eigenvalue weighted by atomic mass is 10.0. The third-order valence-electron chi connectivity index (χ3n) is 3.53. The second-order valence-electron chi connectivity index (χ2n) is 4.94. The summed E-state index contributed by atoms with van der Waals surface area (Å²) in [5.41, 5.74) is 3.77. The van der Waals surface area contributed by atoms with Crippen LogP contribution in [0.2, 0.25) is 0 Å². The van der Waals surface area contributed by atoms with Gasteiger partial charge in [-0.1, -0.05) is 13.0 Å². The molecule has 0 aliphatic rings. The number of nitrogens with one attached hydrogen (secondary N) is 1. The molecule has 0 saturated heterocycles. The zero-order valence-electron chi connectivity index (χ0n) is 12.4. The van der Waals surface area contributed by atoms with E-state index in [0.717, 1.165) is 31.7 Å². The van der Waals surface area contributed by atoms with Crippen LogP contribution in [-0.4, -0.2) is 20.2 Å². The molecule has 1 aromatic carbocycles. The van der Waals surface area contributed by atoms with Crippen LogP contribution in [0.15, 0.2) is 12.1 Å². The number of nitriles is 1. The lowest BCUT2D eigenvalue weighted by Gasteiger charge is -2.13. The molecule has 3 heteroatoms. The van der Waals surface area contributed by atoms with Crippen LogP contribution in [-0.2, 0) is 6.42 Å². The number of benzene rings is 1. The Morgan fingerprint density at radius 2 is 2.00 bits per heavy atom. The minimum absolute atomic E-state index is 0.113. The molecule has 0 aliphatic heterocycles. The second kappa shape index (κ2) is 7.81. The number of methoxy groups -OCH3 is 1. The fraction of sp³-hybridized carbons (Fsp3) is 0.562. The molecule has 0 heterocycles. The molecule has 0 spiro atoms. The summed E-state index contributed by atoms with van der Waals surface area (Å²) in [5, 5.41) is 12.2. The van der Waals surface area contributed by atoms with Crippen LogP contribution in [0.4, 0.5) is 0 Å². The molecule has 0 aliphatic carbocycles. The molecule has 1 rings (SSSR count). The Balaban J connectivity index is 2.54. The van der Waals surface area contributed by atoms with Crippen molar-refractivity contribution in [1.29, 1.82) is 5.26 Å². The molecule has 0 aromatic heterocycles. The number of hydrogen-bond acceptors (Lipinski definition) is 3. The number of aryl methyl sites for hydroxylation is 2. The number of rotatable bonds is 7. The van der Waals surface area contributed by atoms with E-state index in [4.69, 9.17) is 10.00 Å². The highest BCUT2D eigenvalue weighted by Gasteiger charge is 2.07. The first kappa shape index (κ1) is 15.5. The van der Waals surface area contributed by atoms with Gasteiger partial charge in [0.2, 0.25) is 0 Å². The number of nitrogens with zero attached hydrogens (tertiary/aromatic N) is 1. The number of ether oxygens (including phenoxy) is 1. The van der Waals surface area contributed by atoms with Gasteiger partial charge in [-0.15, -0.1) is 0 Å². The molecule has 1 unspecified atom stereocenters. The maximum Gasteiger partial charge on any atom is 0.122 e. The quantitative estimate of drug-likeness (QED) is 0.767. The Labute approximate surface area is 116 Å². The van der Waals surface area contributed by atoms with E-state index in [2.05, 4.69) is 37.4 Å². The Kier molecular flexibility index (Phi) is 6.38. The molecular weight excluding hydrogens is 236 g/mol. The minimum Gasteiger partial charge on any atom is -0.496 e. The molecule has 19 heavy (non-hydrogen) atoms. The van der Waals surface area contributed by atoms with Crippen LogP contribution in [0.3, 0.4) is 0 Å². The van der Waals surface area contributed by atoms with Crippen molar-refractivity contribution in [2.24, 2.45) is 5.92 Å². The third-order valence-corrected chi connectivity index (χ3v) is 3.53. The maximum absolute atomic E-state index is 8.88. The van der Waals surface area contributed by atoms with Crippen LogP contribution in [0.25, 0.3) is 0 Å². The van der Waals surface area contributed by atoms with Crippen molar-refractivity contribution >= 4 is 0 Å². The van der Waals surface area contributed by atoms with E-state index < -0.39 is 0 Å². The lowest BCUT2D eigenvalue weighted by molar-refractivity contribution is 0.408. The Morgan fingerprint density at radius 1 is 1.32 bits per heavy atom. The molecule has 0 amide bonds. The van der Waals surface area contributed by atoms with Gasteiger partial charge in [0.1, 0.15) is 5.75 Å². The largest absolute Gasteiger partial charge is 0.496 e. The van der Waals surface area contributed by atoms with Crippen molar-refractivity contribution in [2.45, 2.75) is 33.6 Å². The highest BCUT2D eigenvalue weighted by atomic mass is 16.5. The normalized spacial score (nSPS) is 11.9. The predicted molar refractivity (Wildman–Crippen MR) is 78.4 cm³/mol. The highest BCUT2D eigenvalue weighted by molar-refractivity contribution is 5.41. The Morgan fingerprint density at radius 3 is 2.58 bits per heavy atom. The fourth-order valence-corrected chi connectivity index (χ4v) is 2.02. The van der Waals surface area contributed by atoms with Crippen molar-refractivity contribution in [3.8, 4) is 11.8 Å². The number of hydrogen-bond donors (Lipinski definition) is 1. The Bertz CT molecular complexity index is 449. The summed E-state index contributed by atoms with van der Waals surface area (Å²) in [4.78, 5) is 0. The average molecular weight is 260 g/mol. The van der Waals surface area contributed by atoms with Gasteiger partial charge in [0.15, 0.2) is 0 Å². The molecule has 0 saturated carbocycles. The summed E-state index contributed by atoms with van der Waals surface area (Å²) < 4.78 is 5.42. The first-order valence-corrected chi connectivity index (χ1v) is 6.86. The standard InChI is InChI=1S/C16H24N2O/c1-5-14(10-17)11-18-7-6-15-8-12(2)13(3)9-16(15)19-4/h8-9,14,18H,5-7,11H2,1-4H3. The zero-order valence-corrected chi connectivity index (χ0v) is 12.4. The molecule has 0 bridgehead atoms. The van der Waals surface area contributed by atoms with Crippen molar-refractivity contribution in [2.75, 3.05) is 20.2 Å². The van der Waals surface area contributed by atoms with Crippen LogP contribution < -0.4 is 10.1 Å². The average Bonchev–Trinajstić information content (AvgIpc) is 2.42. The van der Waals surface area contributed by atoms with Gasteiger partial charge in [-0.05, 0) is 56.0 Å². The summed E-state index contributed by atoms with van der Waals surface area (Å²) >= 11 is 0. The van der Waals surface area contributed by atoms with E-state index in [1.807, 2.05) is 6.92 Å². The van der Waals surface area contributed by atoms with E-state index in [1.54, 1.807) is 7.11 Å². The highest BCUT2D eigenvalue weighted by Crippen LogP contribution is 2.23. The van der Waals surface area contributed by atoms with Crippen LogP contribution in [0, 0.1) is 31.1 Å². The monoisotopic (exact) mass is 260 g/mol. The summed E-state index contributed by atoms with van der Waals surface area (Å²) in [6.07, 6.45) is 1.82. The van der Waals surface area contributed by atoms with Gasteiger partial charge < -0.3 is 10.1 Å². The first-order chi connectivity index (χ1) is 9.12. The predicted octanol–water partition coefficient (Wildman–Crippen LogP) is 2.99. The van der Waals surface area contributed by atoms with Crippen LogP contribution in [0.5, 0.6) is 5.75 Å². The maximum atomic E-state index is 8.88. The minimum atomic E-state index is 0.113. The van der Waals surface area contributed by atoms with Crippen LogP contribution >= 0.6 is 0 Å². The van der Waals surface area contributed by atoms with E-state index in [-0.39, 0.29) is 5.92 Å². The second-order valence-corrected chi connectivity index (χ2v) is 4.94. The molecule has 3 nitrogen and oxygen atoms in total. The molecule has 0 radical (unpaired) electrons. The van der Waals surface area contributed by atoms with Gasteiger partial charge in [-0.25, -0.2) is 0 Å². The van der Waals surface area contributed by atoms with E-state index in [1.165, 1.54) is 16.7 Å². The van der Waals surface area contributed by atoms with E-state index in [9.17, 15) is 0 Å². The summed E-state index contributed by atoms with van der Waals surface area (Å²) in [6, 6.07) is 6.59. The van der Waals surface area contributed by atoms with Crippen molar-refractivity contribution < 1.29 is 4.74 Å². The van der Waals surface area contributed by atoms with E-state index in [0.29, 0.717) is 0 Å². The van der Waals surface area contributed by atoms with Crippen molar-refractivity contribution in [3.63, 3.8) is 0 Å². The van der Waals surface area contributed by atoms with Gasteiger partial charge >= 0.3 is 0 Å². The SMILES string of the molecule is CCC(C#N)CNCCc1cc(C)c(C)cc1OC. The molecule has 1 aromatic rings. The molecule has 0 fully saturated rings. The third kappa shape index (κ3) is 4.57. The van der Waals surface area contributed by atoms with Gasteiger partial charge in [0.05, 0.1) is 19.1 Å². The van der Waals surface area contributed by atoms with Gasteiger partial charge in [-0.2, -0.15) is 5.26 Å². The van der Waals surface area contributed by atoms with Crippen molar-refractivity contribution in [1.82, 2.24) is 5.32 Å². The summed E-state index contributed by atoms with van der Waals surface area (Å²) in [5.74, 6) is 1.07. The molecular formula is C16H24N2O. The Hall–Kier alpha value is -1.53. The van der Waals surface area contributed by atoms with Gasteiger partial charge in [-0.3, -0.25) is 0 Å². The molecule has 1 N–H and O–H groups in total. The van der Waals surface area contributed by atoms with Gasteiger partial charge in [0, 0.05) is 6.54 Å². The summed E-state index contributed by atoms with van der Waals surface area (Å²) in [6.45, 7) is 7.90. The first-order valence-electron chi connectivity index (χ1n) is 6.86. The lowest BCUT2D eigenvalue weighted by Crippen LogP contribution is -2.24. The van der Waals surface area contributed by atoms with E-state index >= 15 is 0 Å². The molecule has 104 valence electrons. The van der Waals surface area contributed by atoms with Crippen molar-refractivity contribution in [3.05, 3.63) is 28.8 Å².